The molecule has 3 N–H and O–H groups in total. The predicted molar refractivity (Wildman–Crippen MR) is 350 cm³/mol. The lowest BCUT2D eigenvalue weighted by Crippen LogP contribution is -2.68. The lowest BCUT2D eigenvalue weighted by Gasteiger charge is -2.46. The van der Waals surface area contributed by atoms with E-state index in [9.17, 15) is 69.5 Å². The van der Waals surface area contributed by atoms with E-state index in [0.717, 1.165) is 14.7 Å². The predicted octanol–water partition coefficient (Wildman–Crippen LogP) is 7.13. The molecule has 3 saturated heterocycles. The molecule has 1 spiro atoms. The number of amides is 11. The van der Waals surface area contributed by atoms with E-state index in [2.05, 4.69) is 16.0 Å². The van der Waals surface area contributed by atoms with Gasteiger partial charge in [-0.1, -0.05) is 54.4 Å². The number of carbonyl (C=O) groups excluding carboxylic acids is 11. The van der Waals surface area contributed by atoms with Crippen molar-refractivity contribution < 1.29 is 87.9 Å². The van der Waals surface area contributed by atoms with Gasteiger partial charge in [-0.25, -0.2) is 8.78 Å². The summed E-state index contributed by atoms with van der Waals surface area (Å²) in [6, 6.07) is -12.2. The SMILES string of the molecule is CC[C@H](C)[C@@H]1NC(=O)[C@H](CC(C)C)N(C)C(=O)C[C@@H](C)N(C)C(=O)[C@H]([C@@H](C)CC)N(C)C(=O)C2(CCC2)NC(=O)[C@@H]2CC(F)(F)CN2C(=O)[C@H](CCC2CCC(C(F)(F)F)C(Cl)C2)NC(=O)CN(C)C(=O)[C@H](CC2CCC(C(F)(F)F)CC2)N(C)C(=O)[C@@H]2CCN2C(=O)[C@H](C)N(C)C1=O. The van der Waals surface area contributed by atoms with Crippen LogP contribution in [0.2, 0.25) is 0 Å². The van der Waals surface area contributed by atoms with Gasteiger partial charge in [0.25, 0.3) is 5.92 Å². The molecule has 3 aliphatic carbocycles. The van der Waals surface area contributed by atoms with Crippen LogP contribution in [0.4, 0.5) is 35.1 Å². The zero-order chi connectivity index (χ0) is 74.5. The van der Waals surface area contributed by atoms with Gasteiger partial charge in [0.05, 0.1) is 24.9 Å². The number of rotatable bonds is 11. The third-order valence-electron chi connectivity index (χ3n) is 22.5. The summed E-state index contributed by atoms with van der Waals surface area (Å²) < 4.78 is 116. The molecule has 3 heterocycles. The lowest BCUT2D eigenvalue weighted by atomic mass is 9.74. The molecule has 0 aromatic rings. The van der Waals surface area contributed by atoms with Gasteiger partial charge in [0.2, 0.25) is 65.0 Å². The molecule has 0 bridgehead atoms. The first-order valence-corrected chi connectivity index (χ1v) is 35.6. The van der Waals surface area contributed by atoms with Gasteiger partial charge in [-0.15, -0.1) is 11.6 Å². The van der Waals surface area contributed by atoms with Crippen LogP contribution in [0.1, 0.15) is 177 Å². The molecule has 6 fully saturated rings. The number of carbonyl (C=O) groups is 11. The Hall–Kier alpha value is -6.10. The highest BCUT2D eigenvalue weighted by Crippen LogP contribution is 2.45. The number of nitrogens with one attached hydrogen (secondary N) is 3. The summed E-state index contributed by atoms with van der Waals surface area (Å²) in [7, 11) is 8.07. The maximum atomic E-state index is 16.0. The summed E-state index contributed by atoms with van der Waals surface area (Å²) in [5.41, 5.74) is -1.77. The maximum absolute atomic E-state index is 16.0. The Morgan fingerprint density at radius 2 is 1.21 bits per heavy atom. The Bertz CT molecular complexity index is 2940. The van der Waals surface area contributed by atoms with Gasteiger partial charge < -0.3 is 55.1 Å². The molecule has 6 rings (SSSR count). The standard InChI is InChI=1S/C68H106ClF8N11O11/c1-15-38(5)54-62(97)83(11)41(8)58(93)87-29-26-48(87)61(96)85(13)50(33-43-18-22-44(23-19-43)67(72,73)74)60(95)81(9)35-52(89)78-47(25-21-42-20-24-45(46(69)32-42)68(75,76)77)59(94)88-36-66(70,71)34-51(88)57(92)80-65(27-17-28-65)64(99)86(14)55(39(6)16-2)63(98)82(10)40(7)31-53(90)84(12)49(30-37(3)4)56(91)79-54/h37-51,54-55H,15-36H2,1-14H3,(H,78,89)(H,79,91)(H,80,92)/t38-,39-,40+,41-,42?,43?,44?,45?,46?,47-,48-,49-,50-,51-,54-,55-/m0/s1. The first-order valence-electron chi connectivity index (χ1n) is 35.2. The van der Waals surface area contributed by atoms with Gasteiger partial charge in [-0.05, 0) is 140 Å². The highest BCUT2D eigenvalue weighted by molar-refractivity contribution is 6.20. The van der Waals surface area contributed by atoms with E-state index in [-0.39, 0.29) is 109 Å². The number of fused-ring (bicyclic) bond motifs is 2. The fourth-order valence-corrected chi connectivity index (χ4v) is 15.5. The van der Waals surface area contributed by atoms with E-state index in [0.29, 0.717) is 24.2 Å². The molecule has 562 valence electrons. The van der Waals surface area contributed by atoms with Crippen molar-refractivity contribution in [3.05, 3.63) is 0 Å². The van der Waals surface area contributed by atoms with Crippen LogP contribution in [0.25, 0.3) is 0 Å². The topological polar surface area (TPSA) is 250 Å². The van der Waals surface area contributed by atoms with Crippen molar-refractivity contribution in [2.75, 3.05) is 61.9 Å². The van der Waals surface area contributed by atoms with Crippen LogP contribution >= 0.6 is 11.6 Å². The Morgan fingerprint density at radius 3 is 1.74 bits per heavy atom. The first-order chi connectivity index (χ1) is 45.9. The fourth-order valence-electron chi connectivity index (χ4n) is 15.0. The average Bonchev–Trinajstić information content (AvgIpc) is 1.64. The normalized spacial score (nSPS) is 32.5. The highest BCUT2D eigenvalue weighted by Gasteiger charge is 2.57. The second kappa shape index (κ2) is 33.3. The van der Waals surface area contributed by atoms with Crippen molar-refractivity contribution in [3.63, 3.8) is 0 Å². The summed E-state index contributed by atoms with van der Waals surface area (Å²) in [6.07, 6.45) is -11.1. The molecule has 14 atom stereocenters. The summed E-state index contributed by atoms with van der Waals surface area (Å²) in [5.74, 6) is -18.6. The molecule has 31 heteroatoms. The molecule has 0 aromatic heterocycles. The molecule has 99 heavy (non-hydrogen) atoms. The Kier molecular flexibility index (Phi) is 27.6. The second-order valence-electron chi connectivity index (χ2n) is 29.9. The molecular formula is C68H106ClF8N11O11. The fraction of sp³-hybridized carbons (Fsp3) is 0.838. The minimum Gasteiger partial charge on any atom is -0.343 e. The van der Waals surface area contributed by atoms with E-state index in [4.69, 9.17) is 11.6 Å². The van der Waals surface area contributed by atoms with Crippen LogP contribution in [0, 0.1) is 41.4 Å². The van der Waals surface area contributed by atoms with Gasteiger partial charge in [-0.3, -0.25) is 52.7 Å². The van der Waals surface area contributed by atoms with Crippen molar-refractivity contribution in [1.82, 2.24) is 55.1 Å². The number of hydrogen-bond acceptors (Lipinski definition) is 11. The van der Waals surface area contributed by atoms with Crippen molar-refractivity contribution in [2.24, 2.45) is 41.4 Å². The van der Waals surface area contributed by atoms with Crippen molar-refractivity contribution >= 4 is 76.6 Å². The van der Waals surface area contributed by atoms with Crippen LogP contribution in [-0.4, -0.2) is 250 Å². The number of halogens is 9. The highest BCUT2D eigenvalue weighted by atomic mass is 35.5. The third-order valence-corrected chi connectivity index (χ3v) is 23.0. The zero-order valence-corrected chi connectivity index (χ0v) is 60.6. The minimum atomic E-state index is -4.62. The van der Waals surface area contributed by atoms with Crippen molar-refractivity contribution in [2.45, 2.75) is 261 Å². The molecule has 6 aliphatic rings. The minimum absolute atomic E-state index is 0.00320. The van der Waals surface area contributed by atoms with Crippen molar-refractivity contribution in [1.29, 1.82) is 0 Å². The second-order valence-corrected chi connectivity index (χ2v) is 30.5. The third kappa shape index (κ3) is 19.4. The molecule has 3 saturated carbocycles. The summed E-state index contributed by atoms with van der Waals surface area (Å²) >= 11 is 6.30. The number of likely N-dealkylation sites (N-methyl/N-ethyl adjacent to an activating group) is 6. The molecule has 0 radical (unpaired) electrons. The van der Waals surface area contributed by atoms with E-state index >= 15 is 18.4 Å². The summed E-state index contributed by atoms with van der Waals surface area (Å²) in [4.78, 5) is 171. The molecule has 0 aromatic carbocycles. The van der Waals surface area contributed by atoms with E-state index in [1.54, 1.807) is 34.6 Å². The molecule has 11 amide bonds. The first kappa shape index (κ1) is 81.9. The van der Waals surface area contributed by atoms with E-state index < -0.39 is 204 Å². The largest absolute Gasteiger partial charge is 0.393 e. The average molecular weight is 1440 g/mol. The van der Waals surface area contributed by atoms with Crippen LogP contribution in [0.3, 0.4) is 0 Å². The Balaban J connectivity index is 1.41. The molecule has 3 unspecified atom stereocenters. The molecular weight excluding hydrogens is 1330 g/mol. The smallest absolute Gasteiger partial charge is 0.343 e. The number of alkyl halides is 9. The van der Waals surface area contributed by atoms with Gasteiger partial charge in [-0.2, -0.15) is 26.3 Å². The number of hydrogen-bond donors (Lipinski definition) is 3. The van der Waals surface area contributed by atoms with Crippen LogP contribution in [0.15, 0.2) is 0 Å². The van der Waals surface area contributed by atoms with Gasteiger partial charge in [0.1, 0.15) is 53.9 Å². The molecule has 22 nitrogen and oxygen atoms in total. The van der Waals surface area contributed by atoms with Gasteiger partial charge in [0, 0.05) is 73.1 Å². The van der Waals surface area contributed by atoms with Crippen LogP contribution in [-0.2, 0) is 52.7 Å². The zero-order valence-electron chi connectivity index (χ0n) is 59.8. The summed E-state index contributed by atoms with van der Waals surface area (Å²) in [6.45, 7) is 11.6. The monoisotopic (exact) mass is 1440 g/mol. The Morgan fingerprint density at radius 1 is 0.606 bits per heavy atom. The maximum Gasteiger partial charge on any atom is 0.393 e. The van der Waals surface area contributed by atoms with Gasteiger partial charge in [0.15, 0.2) is 0 Å². The van der Waals surface area contributed by atoms with E-state index in [1.165, 1.54) is 68.8 Å². The Labute approximate surface area is 581 Å². The number of nitrogens with zero attached hydrogens (tertiary/aromatic N) is 8. The van der Waals surface area contributed by atoms with Crippen LogP contribution in [0.5, 0.6) is 0 Å². The van der Waals surface area contributed by atoms with Crippen molar-refractivity contribution in [3.8, 4) is 0 Å². The van der Waals surface area contributed by atoms with Gasteiger partial charge >= 0.3 is 12.4 Å². The van der Waals surface area contributed by atoms with E-state index in [1.807, 2.05) is 13.8 Å². The lowest BCUT2D eigenvalue weighted by molar-refractivity contribution is -0.184. The van der Waals surface area contributed by atoms with Crippen LogP contribution < -0.4 is 16.0 Å². The quantitative estimate of drug-likeness (QED) is 0.139. The summed E-state index contributed by atoms with van der Waals surface area (Å²) in [5, 5.41) is 6.70. The molecule has 3 aliphatic heterocycles.